The molecule has 0 heterocycles. The maximum atomic E-state index is 13.1. The molecule has 2 atom stereocenters. The van der Waals surface area contributed by atoms with Gasteiger partial charge in [-0.25, -0.2) is 4.39 Å². The Kier molecular flexibility index (Phi) is 4.94. The van der Waals surface area contributed by atoms with E-state index in [0.29, 0.717) is 0 Å². The maximum absolute atomic E-state index is 13.1. The number of rotatable bonds is 7. The Bertz CT molecular complexity index is 386. The van der Waals surface area contributed by atoms with Crippen LogP contribution in [0.5, 0.6) is 0 Å². The van der Waals surface area contributed by atoms with Crippen LogP contribution >= 0.6 is 0 Å². The van der Waals surface area contributed by atoms with Crippen LogP contribution in [0.25, 0.3) is 0 Å². The van der Waals surface area contributed by atoms with Crippen LogP contribution in [0.2, 0.25) is 0 Å². The summed E-state index contributed by atoms with van der Waals surface area (Å²) in [7, 11) is 0. The van der Waals surface area contributed by atoms with Crippen LogP contribution in [0.3, 0.4) is 0 Å². The van der Waals surface area contributed by atoms with Crippen LogP contribution in [0.15, 0.2) is 24.3 Å². The van der Waals surface area contributed by atoms with Crippen LogP contribution in [0.4, 0.5) is 4.39 Å². The summed E-state index contributed by atoms with van der Waals surface area (Å²) in [5, 5.41) is 0. The van der Waals surface area contributed by atoms with Crippen LogP contribution in [0, 0.1) is 11.7 Å². The third-order valence-electron chi connectivity index (χ3n) is 4.08. The van der Waals surface area contributed by atoms with Gasteiger partial charge in [0.05, 0.1) is 0 Å². The molecule has 2 N–H and O–H groups in total. The molecule has 106 valence electrons. The maximum Gasteiger partial charge on any atom is 0.123 e. The summed E-state index contributed by atoms with van der Waals surface area (Å²) in [6.45, 7) is 6.41. The summed E-state index contributed by atoms with van der Waals surface area (Å²) in [5.41, 5.74) is 7.46. The normalized spacial score (nSPS) is 18.6. The monoisotopic (exact) mass is 264 g/mol. The van der Waals surface area contributed by atoms with Gasteiger partial charge in [0.2, 0.25) is 0 Å². The van der Waals surface area contributed by atoms with Crippen molar-refractivity contribution in [3.63, 3.8) is 0 Å². The molecular formula is C16H25FN2. The third kappa shape index (κ3) is 3.77. The van der Waals surface area contributed by atoms with Crippen molar-refractivity contribution in [2.75, 3.05) is 13.1 Å². The minimum absolute atomic E-state index is 0.101. The molecule has 0 bridgehead atoms. The highest BCUT2D eigenvalue weighted by molar-refractivity contribution is 5.21. The molecule has 3 heteroatoms. The predicted octanol–water partition coefficient (Wildman–Crippen LogP) is 3.34. The molecular weight excluding hydrogens is 239 g/mol. The van der Waals surface area contributed by atoms with Crippen molar-refractivity contribution in [2.45, 2.75) is 45.2 Å². The van der Waals surface area contributed by atoms with E-state index in [1.54, 1.807) is 0 Å². The van der Waals surface area contributed by atoms with Gasteiger partial charge in [0.1, 0.15) is 5.82 Å². The fourth-order valence-electron chi connectivity index (χ4n) is 2.68. The van der Waals surface area contributed by atoms with Gasteiger partial charge in [-0.15, -0.1) is 0 Å². The molecule has 1 aromatic carbocycles. The van der Waals surface area contributed by atoms with Crippen molar-refractivity contribution < 1.29 is 4.39 Å². The molecule has 0 aliphatic heterocycles. The second-order valence-electron chi connectivity index (χ2n) is 5.60. The Morgan fingerprint density at radius 2 is 1.89 bits per heavy atom. The second kappa shape index (κ2) is 6.49. The first-order chi connectivity index (χ1) is 9.15. The van der Waals surface area contributed by atoms with E-state index >= 15 is 0 Å². The number of nitrogens with two attached hydrogens (primary N) is 1. The van der Waals surface area contributed by atoms with Crippen molar-refractivity contribution in [2.24, 2.45) is 11.7 Å². The molecule has 0 aromatic heterocycles. The van der Waals surface area contributed by atoms with E-state index in [2.05, 4.69) is 18.7 Å². The molecule has 1 fully saturated rings. The van der Waals surface area contributed by atoms with E-state index in [4.69, 9.17) is 5.73 Å². The third-order valence-corrected chi connectivity index (χ3v) is 4.08. The molecule has 2 rings (SSSR count). The molecule has 0 radical (unpaired) electrons. The molecule has 1 aromatic rings. The highest BCUT2D eigenvalue weighted by Gasteiger charge is 2.30. The molecule has 0 saturated heterocycles. The molecule has 1 aliphatic rings. The van der Waals surface area contributed by atoms with E-state index in [0.717, 1.165) is 31.0 Å². The molecule has 0 amide bonds. The minimum Gasteiger partial charge on any atom is -0.326 e. The largest absolute Gasteiger partial charge is 0.326 e. The van der Waals surface area contributed by atoms with Crippen LogP contribution in [0.1, 0.15) is 44.7 Å². The van der Waals surface area contributed by atoms with Crippen molar-refractivity contribution in [1.82, 2.24) is 4.90 Å². The highest BCUT2D eigenvalue weighted by atomic mass is 19.1. The molecule has 2 nitrogen and oxygen atoms in total. The number of hydrogen-bond acceptors (Lipinski definition) is 2. The van der Waals surface area contributed by atoms with Crippen LogP contribution < -0.4 is 5.73 Å². The van der Waals surface area contributed by atoms with Crippen molar-refractivity contribution in [1.29, 1.82) is 0 Å². The summed E-state index contributed by atoms with van der Waals surface area (Å²) in [5.74, 6) is 0.657. The zero-order valence-corrected chi connectivity index (χ0v) is 12.0. The first kappa shape index (κ1) is 14.5. The topological polar surface area (TPSA) is 29.3 Å². The van der Waals surface area contributed by atoms with E-state index in [1.807, 2.05) is 12.1 Å². The lowest BCUT2D eigenvalue weighted by molar-refractivity contribution is 0.170. The summed E-state index contributed by atoms with van der Waals surface area (Å²) in [6.07, 6.45) is 3.62. The van der Waals surface area contributed by atoms with E-state index in [1.165, 1.54) is 25.0 Å². The molecule has 1 saturated carbocycles. The van der Waals surface area contributed by atoms with Gasteiger partial charge in [-0.1, -0.05) is 26.0 Å². The van der Waals surface area contributed by atoms with Gasteiger partial charge >= 0.3 is 0 Å². The summed E-state index contributed by atoms with van der Waals surface area (Å²) >= 11 is 0. The lowest BCUT2D eigenvalue weighted by atomic mass is 9.96. The van der Waals surface area contributed by atoms with Crippen molar-refractivity contribution in [3.05, 3.63) is 35.6 Å². The average Bonchev–Trinajstić information content (AvgIpc) is 3.23. The second-order valence-corrected chi connectivity index (χ2v) is 5.60. The SMILES string of the molecule is CCC(N)C(c1ccc(F)cc1)N(CC)CC1CC1. The number of halogens is 1. The van der Waals surface area contributed by atoms with Crippen molar-refractivity contribution in [3.8, 4) is 0 Å². The van der Waals surface area contributed by atoms with Gasteiger partial charge < -0.3 is 5.73 Å². The number of nitrogens with zero attached hydrogens (tertiary/aromatic N) is 1. The van der Waals surface area contributed by atoms with Gasteiger partial charge in [0, 0.05) is 18.6 Å². The minimum atomic E-state index is -0.183. The van der Waals surface area contributed by atoms with Gasteiger partial charge in [0.25, 0.3) is 0 Å². The van der Waals surface area contributed by atoms with E-state index in [-0.39, 0.29) is 17.9 Å². The van der Waals surface area contributed by atoms with Gasteiger partial charge in [-0.05, 0) is 49.4 Å². The van der Waals surface area contributed by atoms with Gasteiger partial charge in [-0.2, -0.15) is 0 Å². The zero-order valence-electron chi connectivity index (χ0n) is 12.0. The fourth-order valence-corrected chi connectivity index (χ4v) is 2.68. The van der Waals surface area contributed by atoms with Gasteiger partial charge in [-0.3, -0.25) is 4.90 Å². The molecule has 2 unspecified atom stereocenters. The Morgan fingerprint density at radius 1 is 1.26 bits per heavy atom. The lowest BCUT2D eigenvalue weighted by Crippen LogP contribution is -2.41. The zero-order chi connectivity index (χ0) is 13.8. The Morgan fingerprint density at radius 3 is 2.37 bits per heavy atom. The Hall–Kier alpha value is -0.930. The van der Waals surface area contributed by atoms with Crippen LogP contribution in [-0.2, 0) is 0 Å². The molecule has 1 aliphatic carbocycles. The summed E-state index contributed by atoms with van der Waals surface area (Å²) < 4.78 is 13.1. The van der Waals surface area contributed by atoms with E-state index < -0.39 is 0 Å². The summed E-state index contributed by atoms with van der Waals surface area (Å²) in [6, 6.07) is 7.14. The first-order valence-corrected chi connectivity index (χ1v) is 7.40. The Balaban J connectivity index is 2.19. The number of hydrogen-bond donors (Lipinski definition) is 1. The highest BCUT2D eigenvalue weighted by Crippen LogP contribution is 2.34. The molecule has 0 spiro atoms. The smallest absolute Gasteiger partial charge is 0.123 e. The van der Waals surface area contributed by atoms with Crippen LogP contribution in [-0.4, -0.2) is 24.0 Å². The average molecular weight is 264 g/mol. The van der Waals surface area contributed by atoms with E-state index in [9.17, 15) is 4.39 Å². The predicted molar refractivity (Wildman–Crippen MR) is 77.4 cm³/mol. The number of benzene rings is 1. The lowest BCUT2D eigenvalue weighted by Gasteiger charge is -2.35. The Labute approximate surface area is 115 Å². The standard InChI is InChI=1S/C16H25FN2/c1-3-15(18)16(13-7-9-14(17)10-8-13)19(4-2)11-12-5-6-12/h7-10,12,15-16H,3-6,11,18H2,1-2H3. The number of likely N-dealkylation sites (N-methyl/N-ethyl adjacent to an activating group) is 1. The first-order valence-electron chi connectivity index (χ1n) is 7.40. The fraction of sp³-hybridized carbons (Fsp3) is 0.625. The molecule has 19 heavy (non-hydrogen) atoms. The van der Waals surface area contributed by atoms with Gasteiger partial charge in [0.15, 0.2) is 0 Å². The summed E-state index contributed by atoms with van der Waals surface area (Å²) in [4.78, 5) is 2.46. The quantitative estimate of drug-likeness (QED) is 0.818. The van der Waals surface area contributed by atoms with Crippen molar-refractivity contribution >= 4 is 0 Å².